The number of amides is 3. The van der Waals surface area contributed by atoms with Gasteiger partial charge in [-0.1, -0.05) is 18.2 Å². The number of hydrogen-bond acceptors (Lipinski definition) is 5. The molecular formula is C21H20F2N4O3S. The second-order valence-corrected chi connectivity index (χ2v) is 7.57. The van der Waals surface area contributed by atoms with Gasteiger partial charge in [-0.2, -0.15) is 8.78 Å². The van der Waals surface area contributed by atoms with E-state index in [2.05, 4.69) is 25.7 Å². The van der Waals surface area contributed by atoms with Crippen LogP contribution >= 0.6 is 11.3 Å². The van der Waals surface area contributed by atoms with Crippen LogP contribution < -0.4 is 20.7 Å². The second kappa shape index (κ2) is 10.5. The van der Waals surface area contributed by atoms with Gasteiger partial charge in [0.15, 0.2) is 5.13 Å². The Balaban J connectivity index is 1.49. The van der Waals surface area contributed by atoms with Gasteiger partial charge in [0.1, 0.15) is 5.75 Å². The first-order valence-corrected chi connectivity index (χ1v) is 10.1. The van der Waals surface area contributed by atoms with Gasteiger partial charge in [-0.25, -0.2) is 9.78 Å². The molecule has 1 heterocycles. The first-order chi connectivity index (χ1) is 14.9. The second-order valence-electron chi connectivity index (χ2n) is 6.37. The van der Waals surface area contributed by atoms with Crippen LogP contribution in [0.1, 0.15) is 11.3 Å². The van der Waals surface area contributed by atoms with E-state index < -0.39 is 12.6 Å². The van der Waals surface area contributed by atoms with Crippen molar-refractivity contribution in [1.82, 2.24) is 10.3 Å². The minimum absolute atomic E-state index is 0.0592. The average molecular weight is 446 g/mol. The molecule has 0 atom stereocenters. The van der Waals surface area contributed by atoms with Gasteiger partial charge < -0.3 is 20.7 Å². The molecule has 3 amide bonds. The van der Waals surface area contributed by atoms with Crippen molar-refractivity contribution in [3.63, 3.8) is 0 Å². The maximum absolute atomic E-state index is 12.3. The smallest absolute Gasteiger partial charge is 0.387 e. The molecule has 7 nitrogen and oxygen atoms in total. The van der Waals surface area contributed by atoms with Crippen molar-refractivity contribution in [3.05, 3.63) is 59.5 Å². The molecule has 3 rings (SSSR count). The molecule has 31 heavy (non-hydrogen) atoms. The van der Waals surface area contributed by atoms with E-state index in [0.717, 1.165) is 10.4 Å². The van der Waals surface area contributed by atoms with Crippen LogP contribution in [0.3, 0.4) is 0 Å². The molecule has 3 aromatic rings. The summed E-state index contributed by atoms with van der Waals surface area (Å²) in [6.45, 7) is -0.873. The molecule has 3 N–H and O–H groups in total. The summed E-state index contributed by atoms with van der Waals surface area (Å²) in [4.78, 5) is 29.2. The van der Waals surface area contributed by atoms with E-state index in [0.29, 0.717) is 16.5 Å². The van der Waals surface area contributed by atoms with E-state index in [4.69, 9.17) is 0 Å². The molecule has 0 aliphatic carbocycles. The number of thiazole rings is 1. The van der Waals surface area contributed by atoms with Crippen molar-refractivity contribution in [2.24, 2.45) is 0 Å². The number of hydrogen-bond donors (Lipinski definition) is 3. The van der Waals surface area contributed by atoms with Gasteiger partial charge in [0, 0.05) is 29.1 Å². The van der Waals surface area contributed by atoms with Crippen LogP contribution in [0.5, 0.6) is 5.75 Å². The molecule has 162 valence electrons. The van der Waals surface area contributed by atoms with Crippen LogP contribution in [-0.4, -0.2) is 30.1 Å². The predicted octanol–water partition coefficient (Wildman–Crippen LogP) is 4.87. The number of alkyl halides is 2. The van der Waals surface area contributed by atoms with Gasteiger partial charge in [-0.05, 0) is 43.3 Å². The van der Waals surface area contributed by atoms with E-state index in [1.54, 1.807) is 36.4 Å². The highest BCUT2D eigenvalue weighted by atomic mass is 32.1. The fourth-order valence-corrected chi connectivity index (χ4v) is 3.53. The Morgan fingerprint density at radius 2 is 1.77 bits per heavy atom. The zero-order chi connectivity index (χ0) is 22.2. The number of nitrogens with zero attached hydrogens (tertiary/aromatic N) is 1. The van der Waals surface area contributed by atoms with Gasteiger partial charge in [-0.3, -0.25) is 4.79 Å². The van der Waals surface area contributed by atoms with Gasteiger partial charge in [0.25, 0.3) is 0 Å². The number of para-hydroxylation sites is 1. The number of halogens is 2. The lowest BCUT2D eigenvalue weighted by Gasteiger charge is -2.07. The number of urea groups is 1. The minimum Gasteiger partial charge on any atom is -0.435 e. The van der Waals surface area contributed by atoms with Gasteiger partial charge in [0.05, 0.1) is 5.69 Å². The number of anilines is 2. The zero-order valence-corrected chi connectivity index (χ0v) is 17.3. The number of carbonyl (C=O) groups is 2. The largest absolute Gasteiger partial charge is 0.435 e. The van der Waals surface area contributed by atoms with E-state index >= 15 is 0 Å². The standard InChI is InChI=1S/C21H20F2N4O3S/c1-13-18(14-7-9-16(10-8-14)30-19(22)23)27-21(31-13)26-17(28)11-12-24-20(29)25-15-5-3-2-4-6-15/h2-10,19H,11-12H2,1H3,(H2,24,25,29)(H,26,27,28). The topological polar surface area (TPSA) is 92.4 Å². The lowest BCUT2D eigenvalue weighted by Crippen LogP contribution is -2.31. The van der Waals surface area contributed by atoms with Crippen molar-refractivity contribution < 1.29 is 23.1 Å². The van der Waals surface area contributed by atoms with Gasteiger partial charge in [-0.15, -0.1) is 11.3 Å². The normalized spacial score (nSPS) is 10.6. The number of nitrogens with one attached hydrogen (secondary N) is 3. The summed E-state index contributed by atoms with van der Waals surface area (Å²) in [5.41, 5.74) is 2.02. The molecule has 0 bridgehead atoms. The summed E-state index contributed by atoms with van der Waals surface area (Å²) in [6, 6.07) is 14.7. The number of ether oxygens (including phenoxy) is 1. The Morgan fingerprint density at radius 3 is 2.45 bits per heavy atom. The summed E-state index contributed by atoms with van der Waals surface area (Å²) in [5.74, 6) is -0.232. The van der Waals surface area contributed by atoms with Gasteiger partial charge >= 0.3 is 12.6 Å². The number of aryl methyl sites for hydroxylation is 1. The molecule has 2 aromatic carbocycles. The Labute approximate surface area is 181 Å². The van der Waals surface area contributed by atoms with E-state index in [1.807, 2.05) is 13.0 Å². The summed E-state index contributed by atoms with van der Waals surface area (Å²) in [6.07, 6.45) is 0.0792. The average Bonchev–Trinajstić information content (AvgIpc) is 3.08. The summed E-state index contributed by atoms with van der Waals surface area (Å²) < 4.78 is 28.9. The number of aromatic nitrogens is 1. The van der Waals surface area contributed by atoms with Crippen molar-refractivity contribution in [3.8, 4) is 17.0 Å². The SMILES string of the molecule is Cc1sc(NC(=O)CCNC(=O)Nc2ccccc2)nc1-c1ccc(OC(F)F)cc1. The Kier molecular flexibility index (Phi) is 7.50. The Morgan fingerprint density at radius 1 is 1.06 bits per heavy atom. The molecule has 0 unspecified atom stereocenters. The van der Waals surface area contributed by atoms with Crippen LogP contribution in [-0.2, 0) is 4.79 Å². The molecule has 0 saturated heterocycles. The number of rotatable bonds is 8. The lowest BCUT2D eigenvalue weighted by molar-refractivity contribution is -0.116. The summed E-state index contributed by atoms with van der Waals surface area (Å²) in [5, 5.41) is 8.40. The molecule has 0 fully saturated rings. The Hall–Kier alpha value is -3.53. The van der Waals surface area contributed by atoms with Crippen molar-refractivity contribution in [2.75, 3.05) is 17.2 Å². The molecule has 1 aromatic heterocycles. The number of benzene rings is 2. The van der Waals surface area contributed by atoms with Crippen LogP contribution in [0.15, 0.2) is 54.6 Å². The monoisotopic (exact) mass is 446 g/mol. The molecule has 10 heteroatoms. The van der Waals surface area contributed by atoms with Crippen LogP contribution in [0.4, 0.5) is 24.4 Å². The third-order valence-corrected chi connectivity index (χ3v) is 4.95. The molecule has 0 radical (unpaired) electrons. The van der Waals surface area contributed by atoms with Gasteiger partial charge in [0.2, 0.25) is 5.91 Å². The van der Waals surface area contributed by atoms with Crippen molar-refractivity contribution in [2.45, 2.75) is 20.0 Å². The van der Waals surface area contributed by atoms with Crippen LogP contribution in [0.25, 0.3) is 11.3 Å². The molecule has 0 saturated carbocycles. The van der Waals surface area contributed by atoms with Crippen LogP contribution in [0, 0.1) is 6.92 Å². The Bertz CT molecular complexity index is 1030. The fraction of sp³-hybridized carbons (Fsp3) is 0.190. The fourth-order valence-electron chi connectivity index (χ4n) is 2.68. The highest BCUT2D eigenvalue weighted by molar-refractivity contribution is 7.16. The predicted molar refractivity (Wildman–Crippen MR) is 116 cm³/mol. The van der Waals surface area contributed by atoms with Crippen molar-refractivity contribution >= 4 is 34.1 Å². The lowest BCUT2D eigenvalue weighted by atomic mass is 10.1. The molecule has 0 aliphatic rings. The maximum atomic E-state index is 12.3. The minimum atomic E-state index is -2.88. The quantitative estimate of drug-likeness (QED) is 0.460. The summed E-state index contributed by atoms with van der Waals surface area (Å²) in [7, 11) is 0. The third-order valence-electron chi connectivity index (χ3n) is 4.07. The van der Waals surface area contributed by atoms with E-state index in [9.17, 15) is 18.4 Å². The first-order valence-electron chi connectivity index (χ1n) is 9.33. The highest BCUT2D eigenvalue weighted by Crippen LogP contribution is 2.31. The first kappa shape index (κ1) is 22.2. The maximum Gasteiger partial charge on any atom is 0.387 e. The highest BCUT2D eigenvalue weighted by Gasteiger charge is 2.13. The summed E-state index contributed by atoms with van der Waals surface area (Å²) >= 11 is 1.30. The van der Waals surface area contributed by atoms with Crippen LogP contribution in [0.2, 0.25) is 0 Å². The molecular weight excluding hydrogens is 426 g/mol. The third kappa shape index (κ3) is 6.75. The molecule has 0 spiro atoms. The van der Waals surface area contributed by atoms with E-state index in [1.165, 1.54) is 23.5 Å². The zero-order valence-electron chi connectivity index (χ0n) is 16.5. The van der Waals surface area contributed by atoms with Crippen molar-refractivity contribution in [1.29, 1.82) is 0 Å². The molecule has 0 aliphatic heterocycles. The number of carbonyl (C=O) groups excluding carboxylic acids is 2. The van der Waals surface area contributed by atoms with E-state index in [-0.39, 0.29) is 24.6 Å².